The van der Waals surface area contributed by atoms with Crippen LogP contribution in [0.5, 0.6) is 0 Å². The van der Waals surface area contributed by atoms with Gasteiger partial charge in [-0.15, -0.1) is 0 Å². The van der Waals surface area contributed by atoms with Crippen molar-refractivity contribution in [3.8, 4) is 0 Å². The molecule has 21 heteroatoms. The van der Waals surface area contributed by atoms with Crippen LogP contribution in [0.3, 0.4) is 0 Å². The number of unbranched alkanes of at least 4 members (excludes halogenated alkanes) is 1. The van der Waals surface area contributed by atoms with Gasteiger partial charge in [0.2, 0.25) is 0 Å². The maximum Gasteiger partial charge on any atom is 0.320 e. The van der Waals surface area contributed by atoms with E-state index in [-0.39, 0.29) is 18.4 Å². The van der Waals surface area contributed by atoms with Crippen molar-refractivity contribution in [2.45, 2.75) is 88.0 Å². The number of imidazole rings is 1. The van der Waals surface area contributed by atoms with E-state index in [9.17, 15) is 24.0 Å². The number of nitrogens with zero attached hydrogens (tertiary/aromatic N) is 2. The number of benzene rings is 1. The summed E-state index contributed by atoms with van der Waals surface area (Å²) in [5.41, 5.74) is 38.0. The van der Waals surface area contributed by atoms with E-state index in [4.69, 9.17) is 65.7 Å². The first-order valence-corrected chi connectivity index (χ1v) is 16.6. The third kappa shape index (κ3) is 29.1. The Bertz CT molecular complexity index is 1320. The van der Waals surface area contributed by atoms with E-state index in [1.807, 2.05) is 30.3 Å². The minimum Gasteiger partial charge on any atom is -0.480 e. The van der Waals surface area contributed by atoms with E-state index < -0.39 is 54.0 Å². The lowest BCUT2D eigenvalue weighted by Gasteiger charge is -2.04. The number of rotatable bonds is 17. The smallest absolute Gasteiger partial charge is 0.320 e. The fraction of sp³-hybridized carbons (Fsp3) is 0.531. The minimum absolute atomic E-state index is 0.0129. The van der Waals surface area contributed by atoms with Gasteiger partial charge in [0.25, 0.3) is 0 Å². The topological polar surface area (TPSA) is 422 Å². The average molecular weight is 756 g/mol. The summed E-state index contributed by atoms with van der Waals surface area (Å²) in [7, 11) is 0. The molecule has 2 aromatic rings. The number of carboxylic acid groups (broad SMARTS) is 5. The maximum atomic E-state index is 10.4. The lowest BCUT2D eigenvalue weighted by Crippen LogP contribution is -2.32. The molecule has 4 unspecified atom stereocenters. The van der Waals surface area contributed by atoms with Crippen molar-refractivity contribution in [2.75, 3.05) is 19.6 Å². The van der Waals surface area contributed by atoms with E-state index in [2.05, 4.69) is 20.3 Å². The SMILES string of the molecule is NC(Cc1ccccc1)C(=O)O.NC(Cc1cnc[nH]1)C(=O)O.NC(N)=NCCCC(N)C(=O)O.NCCCCC(N)C(=O)O.O=C(O)[C@@H]1CCCN1. The number of H-pyrrole nitrogens is 1. The second-order valence-electron chi connectivity index (χ2n) is 11.5. The molecule has 0 aliphatic carbocycles. The molecule has 53 heavy (non-hydrogen) atoms. The van der Waals surface area contributed by atoms with Gasteiger partial charge in [0.1, 0.15) is 30.2 Å². The van der Waals surface area contributed by atoms with Crippen LogP contribution >= 0.6 is 0 Å². The maximum absolute atomic E-state index is 10.4. The third-order valence-electron chi connectivity index (χ3n) is 6.86. The number of aliphatic imine (C=N–C) groups is 1. The summed E-state index contributed by atoms with van der Waals surface area (Å²) in [5, 5.41) is 44.9. The molecule has 1 aliphatic heterocycles. The highest BCUT2D eigenvalue weighted by atomic mass is 16.4. The molecule has 1 aromatic heterocycles. The van der Waals surface area contributed by atoms with Gasteiger partial charge in [0.15, 0.2) is 5.96 Å². The Morgan fingerprint density at radius 3 is 1.70 bits per heavy atom. The lowest BCUT2D eigenvalue weighted by molar-refractivity contribution is -0.139. The molecule has 3 rings (SSSR count). The second-order valence-corrected chi connectivity index (χ2v) is 11.5. The zero-order valence-electron chi connectivity index (χ0n) is 29.6. The molecule has 0 radical (unpaired) electrons. The van der Waals surface area contributed by atoms with Crippen molar-refractivity contribution >= 4 is 35.8 Å². The normalized spacial score (nSPS) is 14.9. The molecule has 0 bridgehead atoms. The fourth-order valence-corrected chi connectivity index (χ4v) is 3.85. The largest absolute Gasteiger partial charge is 0.480 e. The third-order valence-corrected chi connectivity index (χ3v) is 6.86. The number of nitrogens with two attached hydrogens (primary N) is 7. The zero-order chi connectivity index (χ0) is 40.8. The van der Waals surface area contributed by atoms with Crippen LogP contribution in [0.1, 0.15) is 56.2 Å². The molecule has 1 aromatic carbocycles. The van der Waals surface area contributed by atoms with Crippen molar-refractivity contribution in [3.63, 3.8) is 0 Å². The van der Waals surface area contributed by atoms with E-state index in [0.29, 0.717) is 38.8 Å². The second kappa shape index (κ2) is 30.4. The Balaban J connectivity index is 0. The van der Waals surface area contributed by atoms with Crippen molar-refractivity contribution < 1.29 is 49.5 Å². The van der Waals surface area contributed by atoms with Crippen LogP contribution < -0.4 is 45.5 Å². The van der Waals surface area contributed by atoms with Gasteiger partial charge in [-0.2, -0.15) is 0 Å². The summed E-state index contributed by atoms with van der Waals surface area (Å²) in [6.07, 6.45) is 8.62. The Labute approximate surface area is 307 Å². The molecule has 1 saturated heterocycles. The lowest BCUT2D eigenvalue weighted by atomic mass is 10.1. The summed E-state index contributed by atoms with van der Waals surface area (Å²) < 4.78 is 0. The van der Waals surface area contributed by atoms with E-state index in [1.54, 1.807) is 6.20 Å². The summed E-state index contributed by atoms with van der Waals surface area (Å²) in [5.74, 6) is -4.60. The van der Waals surface area contributed by atoms with Crippen molar-refractivity contribution in [1.29, 1.82) is 0 Å². The summed E-state index contributed by atoms with van der Waals surface area (Å²) >= 11 is 0. The van der Waals surface area contributed by atoms with E-state index in [1.165, 1.54) is 6.33 Å². The first-order chi connectivity index (χ1) is 24.9. The first-order valence-electron chi connectivity index (χ1n) is 16.6. The van der Waals surface area contributed by atoms with Crippen molar-refractivity contribution in [2.24, 2.45) is 45.1 Å². The van der Waals surface area contributed by atoms with Gasteiger partial charge in [-0.05, 0) is 63.6 Å². The van der Waals surface area contributed by atoms with E-state index >= 15 is 0 Å². The minimum atomic E-state index is -1.00. The summed E-state index contributed by atoms with van der Waals surface area (Å²) in [6, 6.07) is 5.89. The molecule has 21 nitrogen and oxygen atoms in total. The van der Waals surface area contributed by atoms with Gasteiger partial charge in [0, 0.05) is 24.9 Å². The van der Waals surface area contributed by atoms with E-state index in [0.717, 1.165) is 43.5 Å². The summed E-state index contributed by atoms with van der Waals surface area (Å²) in [6.45, 7) is 1.88. The molecule has 0 amide bonds. The first kappa shape index (κ1) is 49.9. The number of aliphatic carboxylic acids is 5. The molecule has 21 N–H and O–H groups in total. The van der Waals surface area contributed by atoms with Crippen molar-refractivity contribution in [1.82, 2.24) is 15.3 Å². The van der Waals surface area contributed by atoms with Gasteiger partial charge in [0.05, 0.1) is 6.33 Å². The highest BCUT2D eigenvalue weighted by Crippen LogP contribution is 2.04. The van der Waals surface area contributed by atoms with Gasteiger partial charge < -0.3 is 76.0 Å². The molecule has 1 aliphatic rings. The number of hydrogen-bond acceptors (Lipinski definition) is 13. The molecule has 300 valence electrons. The number of hydrogen-bond donors (Lipinski definition) is 14. The monoisotopic (exact) mass is 755 g/mol. The Morgan fingerprint density at radius 1 is 0.774 bits per heavy atom. The van der Waals surface area contributed by atoms with Crippen LogP contribution in [0, 0.1) is 0 Å². The molecule has 0 saturated carbocycles. The molecule has 0 spiro atoms. The molecule has 5 atom stereocenters. The Morgan fingerprint density at radius 2 is 1.30 bits per heavy atom. The number of carboxylic acids is 5. The number of nitrogens with one attached hydrogen (secondary N) is 2. The van der Waals surface area contributed by atoms with Crippen LogP contribution in [-0.2, 0) is 36.8 Å². The predicted octanol–water partition coefficient (Wildman–Crippen LogP) is -2.19. The number of aromatic nitrogens is 2. The molecule has 2 heterocycles. The highest BCUT2D eigenvalue weighted by Gasteiger charge is 2.20. The predicted molar refractivity (Wildman–Crippen MR) is 196 cm³/mol. The Kier molecular flexibility index (Phi) is 28.7. The molecular formula is C32H57N11O10. The number of guanidine groups is 1. The molecule has 1 fully saturated rings. The van der Waals surface area contributed by atoms with Crippen LogP contribution in [0.15, 0.2) is 47.8 Å². The zero-order valence-corrected chi connectivity index (χ0v) is 29.6. The van der Waals surface area contributed by atoms with Gasteiger partial charge in [-0.3, -0.25) is 29.0 Å². The summed E-state index contributed by atoms with van der Waals surface area (Å²) in [4.78, 5) is 61.3. The average Bonchev–Trinajstić information content (AvgIpc) is 3.84. The van der Waals surface area contributed by atoms with Gasteiger partial charge in [-0.1, -0.05) is 36.8 Å². The van der Waals surface area contributed by atoms with Crippen LogP contribution in [-0.4, -0.2) is 121 Å². The van der Waals surface area contributed by atoms with Crippen LogP contribution in [0.25, 0.3) is 0 Å². The van der Waals surface area contributed by atoms with Crippen LogP contribution in [0.4, 0.5) is 0 Å². The van der Waals surface area contributed by atoms with Crippen LogP contribution in [0.2, 0.25) is 0 Å². The standard InChI is InChI=1S/C9H11NO2.C6H14N4O2.C6H9N3O2.C6H14N2O2.C5H9NO2/c10-8(9(11)12)6-7-4-2-1-3-5-7;7-4(5(11)12)2-1-3-10-6(8)9;7-5(6(10)11)1-4-2-8-3-9-4;7-4-2-1-3-5(8)6(9)10;7-5(8)4-2-1-3-6-4/h1-5,8H,6,10H2,(H,11,12);4H,1-3,7H2,(H,11,12)(H4,8,9,10);2-3,5H,1,7H2,(H,8,9)(H,10,11);5H,1-4,7-8H2,(H,9,10);4,6H,1-3H2,(H,7,8)/t;;;;4-/m....0/s1. The number of carbonyl (C=O) groups is 5. The molecular weight excluding hydrogens is 698 g/mol. The number of aromatic amines is 1. The Hall–Kier alpha value is -5.19. The highest BCUT2D eigenvalue weighted by molar-refractivity contribution is 5.76. The van der Waals surface area contributed by atoms with Gasteiger partial charge in [-0.25, -0.2) is 4.98 Å². The quantitative estimate of drug-likeness (QED) is 0.0463. The fourth-order valence-electron chi connectivity index (χ4n) is 3.85. The van der Waals surface area contributed by atoms with Crippen molar-refractivity contribution in [3.05, 3.63) is 54.1 Å². The van der Waals surface area contributed by atoms with Gasteiger partial charge >= 0.3 is 29.8 Å².